The number of halogens is 3. The van der Waals surface area contributed by atoms with Gasteiger partial charge in [0.15, 0.2) is 0 Å². The first-order valence-corrected chi connectivity index (χ1v) is 15.5. The molecule has 1 fully saturated rings. The van der Waals surface area contributed by atoms with Crippen molar-refractivity contribution in [2.45, 2.75) is 56.1 Å². The monoisotopic (exact) mass is 621 g/mol. The highest BCUT2D eigenvalue weighted by molar-refractivity contribution is 7.92. The maximum atomic E-state index is 14.0. The van der Waals surface area contributed by atoms with Gasteiger partial charge in [0, 0.05) is 17.6 Å². The molecule has 0 saturated heterocycles. The predicted molar refractivity (Wildman–Crippen MR) is 159 cm³/mol. The van der Waals surface area contributed by atoms with Crippen LogP contribution in [0.25, 0.3) is 0 Å². The molecule has 0 bridgehead atoms. The Kier molecular flexibility index (Phi) is 10.0. The zero-order chi connectivity index (χ0) is 28.9. The number of nitrogens with one attached hydrogen (secondary N) is 1. The molecule has 0 radical (unpaired) electrons. The molecule has 3 aromatic carbocycles. The van der Waals surface area contributed by atoms with Gasteiger partial charge < -0.3 is 10.2 Å². The fourth-order valence-electron chi connectivity index (χ4n) is 4.67. The largest absolute Gasteiger partial charge is 0.352 e. The van der Waals surface area contributed by atoms with Crippen LogP contribution in [0.2, 0.25) is 15.1 Å². The lowest BCUT2D eigenvalue weighted by Crippen LogP contribution is -2.52. The van der Waals surface area contributed by atoms with Gasteiger partial charge in [-0.25, -0.2) is 8.42 Å². The van der Waals surface area contributed by atoms with Crippen LogP contribution in [0.1, 0.15) is 38.2 Å². The van der Waals surface area contributed by atoms with Crippen LogP contribution in [0.4, 0.5) is 5.69 Å². The molecule has 11 heteroatoms. The van der Waals surface area contributed by atoms with E-state index in [9.17, 15) is 18.0 Å². The van der Waals surface area contributed by atoms with E-state index >= 15 is 0 Å². The topological polar surface area (TPSA) is 86.8 Å². The molecular weight excluding hydrogens is 593 g/mol. The number of nitrogens with zero attached hydrogens (tertiary/aromatic N) is 2. The predicted octanol–water partition coefficient (Wildman–Crippen LogP) is 6.32. The van der Waals surface area contributed by atoms with Crippen LogP contribution in [0, 0.1) is 0 Å². The van der Waals surface area contributed by atoms with Crippen molar-refractivity contribution in [1.82, 2.24) is 10.2 Å². The fraction of sp³-hybridized carbons (Fsp3) is 0.310. The molecule has 3 aromatic rings. The summed E-state index contributed by atoms with van der Waals surface area (Å²) in [5.41, 5.74) is 0.789. The Hall–Kier alpha value is -2.78. The zero-order valence-corrected chi connectivity index (χ0v) is 25.0. The van der Waals surface area contributed by atoms with E-state index in [1.165, 1.54) is 35.2 Å². The van der Waals surface area contributed by atoms with Gasteiger partial charge in [-0.3, -0.25) is 13.9 Å². The maximum absolute atomic E-state index is 14.0. The summed E-state index contributed by atoms with van der Waals surface area (Å²) in [5, 5.41) is 3.85. The Balaban J connectivity index is 1.70. The second-order valence-electron chi connectivity index (χ2n) is 9.70. The quantitative estimate of drug-likeness (QED) is 0.287. The second-order valence-corrected chi connectivity index (χ2v) is 12.8. The van der Waals surface area contributed by atoms with E-state index in [2.05, 4.69) is 5.32 Å². The second kappa shape index (κ2) is 13.3. The lowest BCUT2D eigenvalue weighted by molar-refractivity contribution is -0.139. The van der Waals surface area contributed by atoms with Gasteiger partial charge in [-0.2, -0.15) is 0 Å². The summed E-state index contributed by atoms with van der Waals surface area (Å²) in [6, 6.07) is 18.3. The number of amides is 2. The van der Waals surface area contributed by atoms with Gasteiger partial charge in [-0.05, 0) is 61.7 Å². The molecule has 1 aliphatic rings. The molecule has 4 rings (SSSR count). The van der Waals surface area contributed by atoms with E-state index in [0.29, 0.717) is 10.6 Å². The summed E-state index contributed by atoms with van der Waals surface area (Å²) in [5.74, 6) is -0.890. The van der Waals surface area contributed by atoms with Crippen LogP contribution in [0.5, 0.6) is 0 Å². The van der Waals surface area contributed by atoms with Gasteiger partial charge in [0.2, 0.25) is 11.8 Å². The van der Waals surface area contributed by atoms with Crippen molar-refractivity contribution < 1.29 is 18.0 Å². The van der Waals surface area contributed by atoms with Gasteiger partial charge in [0.1, 0.15) is 12.6 Å². The lowest BCUT2D eigenvalue weighted by atomic mass is 10.1. The Morgan fingerprint density at radius 3 is 2.20 bits per heavy atom. The van der Waals surface area contributed by atoms with Crippen molar-refractivity contribution in [3.8, 4) is 0 Å². The average molecular weight is 623 g/mol. The van der Waals surface area contributed by atoms with E-state index in [1.54, 1.807) is 49.4 Å². The van der Waals surface area contributed by atoms with E-state index in [4.69, 9.17) is 34.8 Å². The molecule has 2 amide bonds. The van der Waals surface area contributed by atoms with Crippen molar-refractivity contribution in [2.75, 3.05) is 10.8 Å². The third-order valence-electron chi connectivity index (χ3n) is 6.97. The van der Waals surface area contributed by atoms with Crippen molar-refractivity contribution in [2.24, 2.45) is 0 Å². The van der Waals surface area contributed by atoms with Gasteiger partial charge in [0.05, 0.1) is 20.6 Å². The molecule has 0 aliphatic heterocycles. The third-order valence-corrected chi connectivity index (χ3v) is 9.86. The number of benzene rings is 3. The van der Waals surface area contributed by atoms with Crippen LogP contribution >= 0.6 is 34.8 Å². The SMILES string of the molecule is C[C@H](C(=O)NC1CCCC1)N(Cc1ccccc1Cl)C(=O)CN(c1ccc(Cl)c(Cl)c1)S(=O)(=O)c1ccccc1. The van der Waals surface area contributed by atoms with Crippen LogP contribution in [0.15, 0.2) is 77.7 Å². The normalized spacial score (nSPS) is 14.5. The molecule has 0 aromatic heterocycles. The maximum Gasteiger partial charge on any atom is 0.264 e. The minimum absolute atomic E-state index is 0.00134. The summed E-state index contributed by atoms with van der Waals surface area (Å²) in [4.78, 5) is 28.6. The number of carbonyl (C=O) groups is 2. The van der Waals surface area contributed by atoms with Crippen molar-refractivity contribution in [3.63, 3.8) is 0 Å². The van der Waals surface area contributed by atoms with Crippen molar-refractivity contribution in [1.29, 1.82) is 0 Å². The number of sulfonamides is 1. The van der Waals surface area contributed by atoms with E-state index in [0.717, 1.165) is 30.0 Å². The Bertz CT molecular complexity index is 1460. The molecule has 1 N–H and O–H groups in total. The number of hydrogen-bond acceptors (Lipinski definition) is 4. The average Bonchev–Trinajstić information content (AvgIpc) is 3.46. The first-order valence-electron chi connectivity index (χ1n) is 12.9. The number of carbonyl (C=O) groups excluding carboxylic acids is 2. The van der Waals surface area contributed by atoms with Crippen molar-refractivity contribution in [3.05, 3.63) is 93.4 Å². The van der Waals surface area contributed by atoms with Gasteiger partial charge in [0.25, 0.3) is 10.0 Å². The molecule has 1 saturated carbocycles. The van der Waals surface area contributed by atoms with Crippen LogP contribution in [0.3, 0.4) is 0 Å². The third kappa shape index (κ3) is 7.10. The molecule has 40 heavy (non-hydrogen) atoms. The molecule has 1 atom stereocenters. The summed E-state index contributed by atoms with van der Waals surface area (Å²) in [6.45, 7) is 1.06. The van der Waals surface area contributed by atoms with Crippen LogP contribution in [-0.2, 0) is 26.2 Å². The van der Waals surface area contributed by atoms with Crippen molar-refractivity contribution >= 4 is 62.3 Å². The first-order chi connectivity index (χ1) is 19.1. The van der Waals surface area contributed by atoms with E-state index < -0.39 is 28.5 Å². The molecule has 212 valence electrons. The summed E-state index contributed by atoms with van der Waals surface area (Å²) < 4.78 is 28.6. The zero-order valence-electron chi connectivity index (χ0n) is 21.9. The first kappa shape index (κ1) is 30.2. The smallest absolute Gasteiger partial charge is 0.264 e. The van der Waals surface area contributed by atoms with Crippen LogP contribution in [-0.4, -0.2) is 43.8 Å². The lowest BCUT2D eigenvalue weighted by Gasteiger charge is -2.32. The molecule has 1 aliphatic carbocycles. The standard InChI is InChI=1S/C29H30Cl3N3O4S/c1-20(29(37)33-22-10-6-7-11-22)34(18-21-9-5-8-14-25(21)30)28(36)19-35(23-15-16-26(31)27(32)17-23)40(38,39)24-12-3-2-4-13-24/h2-5,8-9,12-17,20,22H,6-7,10-11,18-19H2,1H3,(H,33,37)/t20-/m1/s1. The van der Waals surface area contributed by atoms with Crippen LogP contribution < -0.4 is 9.62 Å². The Morgan fingerprint density at radius 2 is 1.55 bits per heavy atom. The highest BCUT2D eigenvalue weighted by Gasteiger charge is 2.33. The summed E-state index contributed by atoms with van der Waals surface area (Å²) in [6.07, 6.45) is 3.85. The Morgan fingerprint density at radius 1 is 0.900 bits per heavy atom. The van der Waals surface area contributed by atoms with Gasteiger partial charge >= 0.3 is 0 Å². The molecule has 0 unspecified atom stereocenters. The minimum atomic E-state index is -4.20. The highest BCUT2D eigenvalue weighted by atomic mass is 35.5. The Labute approximate surface area is 250 Å². The summed E-state index contributed by atoms with van der Waals surface area (Å²) in [7, 11) is -4.20. The van der Waals surface area contributed by atoms with E-state index in [1.807, 2.05) is 0 Å². The molecule has 0 spiro atoms. The summed E-state index contributed by atoms with van der Waals surface area (Å²) >= 11 is 18.7. The minimum Gasteiger partial charge on any atom is -0.352 e. The highest BCUT2D eigenvalue weighted by Crippen LogP contribution is 2.31. The van der Waals surface area contributed by atoms with Gasteiger partial charge in [-0.15, -0.1) is 0 Å². The van der Waals surface area contributed by atoms with E-state index in [-0.39, 0.29) is 39.1 Å². The molecule has 0 heterocycles. The molecular formula is C29H30Cl3N3O4S. The number of rotatable bonds is 10. The number of hydrogen-bond donors (Lipinski definition) is 1. The van der Waals surface area contributed by atoms with Gasteiger partial charge in [-0.1, -0.05) is 84.0 Å². The number of anilines is 1. The fourth-order valence-corrected chi connectivity index (χ4v) is 6.59. The molecule has 7 nitrogen and oxygen atoms in total.